The Bertz CT molecular complexity index is 539. The fourth-order valence-electron chi connectivity index (χ4n) is 2.17. The van der Waals surface area contributed by atoms with Gasteiger partial charge in [-0.25, -0.2) is 0 Å². The van der Waals surface area contributed by atoms with Crippen LogP contribution in [0.2, 0.25) is 0 Å². The largest absolute Gasteiger partial charge is 0.484 e. The maximum atomic E-state index is 11.7. The first-order chi connectivity index (χ1) is 10.9. The number of nitrogens with two attached hydrogens (primary N) is 1. The Kier molecular flexibility index (Phi) is 5.98. The van der Waals surface area contributed by atoms with Crippen LogP contribution in [0.15, 0.2) is 24.3 Å². The van der Waals surface area contributed by atoms with Crippen LogP contribution in [0.5, 0.6) is 5.75 Å². The molecule has 1 aromatic carbocycles. The number of rotatable bonds is 8. The summed E-state index contributed by atoms with van der Waals surface area (Å²) in [5.74, 6) is 0.478. The summed E-state index contributed by atoms with van der Waals surface area (Å²) in [4.78, 5) is 23.3. The third-order valence-electron chi connectivity index (χ3n) is 3.58. The summed E-state index contributed by atoms with van der Waals surface area (Å²) < 4.78 is 5.45. The number of hydrogen-bond donors (Lipinski definition) is 3. The second kappa shape index (κ2) is 7.97. The van der Waals surface area contributed by atoms with Crippen molar-refractivity contribution in [2.75, 3.05) is 6.61 Å². The molecule has 6 heteroatoms. The zero-order chi connectivity index (χ0) is 16.8. The Hall–Kier alpha value is -2.08. The SMILES string of the molecule is CC(N)CC(=O)NC(C)c1ccc(OCC(=O)NC2CC2)cc1. The topological polar surface area (TPSA) is 93.5 Å². The number of amides is 2. The van der Waals surface area contributed by atoms with Crippen molar-refractivity contribution in [2.24, 2.45) is 5.73 Å². The van der Waals surface area contributed by atoms with Crippen LogP contribution in [0, 0.1) is 0 Å². The smallest absolute Gasteiger partial charge is 0.258 e. The molecule has 1 aliphatic rings. The number of carbonyl (C=O) groups excluding carboxylic acids is 2. The summed E-state index contributed by atoms with van der Waals surface area (Å²) in [5, 5.41) is 5.77. The van der Waals surface area contributed by atoms with Crippen molar-refractivity contribution in [2.45, 2.75) is 51.2 Å². The number of benzene rings is 1. The van der Waals surface area contributed by atoms with Crippen LogP contribution in [0.4, 0.5) is 0 Å². The molecule has 2 atom stereocenters. The minimum Gasteiger partial charge on any atom is -0.484 e. The van der Waals surface area contributed by atoms with E-state index in [1.807, 2.05) is 19.1 Å². The summed E-state index contributed by atoms with van der Waals surface area (Å²) in [6.07, 6.45) is 2.43. The van der Waals surface area contributed by atoms with Gasteiger partial charge in [-0.1, -0.05) is 12.1 Å². The van der Waals surface area contributed by atoms with Crippen LogP contribution < -0.4 is 21.1 Å². The summed E-state index contributed by atoms with van der Waals surface area (Å²) in [5.41, 5.74) is 6.58. The summed E-state index contributed by atoms with van der Waals surface area (Å²) >= 11 is 0. The molecule has 0 radical (unpaired) electrons. The van der Waals surface area contributed by atoms with E-state index < -0.39 is 0 Å². The number of ether oxygens (including phenoxy) is 1. The molecule has 2 amide bonds. The molecular formula is C17H25N3O3. The Balaban J connectivity index is 1.78. The van der Waals surface area contributed by atoms with Crippen LogP contribution in [0.25, 0.3) is 0 Å². The Labute approximate surface area is 136 Å². The predicted octanol–water partition coefficient (Wildman–Crippen LogP) is 1.26. The van der Waals surface area contributed by atoms with Crippen molar-refractivity contribution in [3.05, 3.63) is 29.8 Å². The third-order valence-corrected chi connectivity index (χ3v) is 3.58. The van der Waals surface area contributed by atoms with Crippen molar-refractivity contribution in [1.82, 2.24) is 10.6 Å². The highest BCUT2D eigenvalue weighted by Crippen LogP contribution is 2.19. The predicted molar refractivity (Wildman–Crippen MR) is 87.9 cm³/mol. The molecule has 0 aromatic heterocycles. The molecule has 2 unspecified atom stereocenters. The van der Waals surface area contributed by atoms with Gasteiger partial charge in [0.25, 0.3) is 5.91 Å². The van der Waals surface area contributed by atoms with Crippen molar-refractivity contribution in [1.29, 1.82) is 0 Å². The van der Waals surface area contributed by atoms with Gasteiger partial charge in [0.2, 0.25) is 5.91 Å². The van der Waals surface area contributed by atoms with E-state index in [2.05, 4.69) is 10.6 Å². The van der Waals surface area contributed by atoms with Crippen molar-refractivity contribution in [3.63, 3.8) is 0 Å². The van der Waals surface area contributed by atoms with Crippen LogP contribution in [0.3, 0.4) is 0 Å². The van der Waals surface area contributed by atoms with Gasteiger partial charge in [0, 0.05) is 18.5 Å². The normalized spacial score (nSPS) is 16.3. The van der Waals surface area contributed by atoms with Gasteiger partial charge in [-0.05, 0) is 44.4 Å². The van der Waals surface area contributed by atoms with Gasteiger partial charge in [-0.3, -0.25) is 9.59 Å². The molecule has 0 saturated heterocycles. The van der Waals surface area contributed by atoms with Crippen LogP contribution in [-0.2, 0) is 9.59 Å². The van der Waals surface area contributed by atoms with E-state index in [0.29, 0.717) is 18.2 Å². The van der Waals surface area contributed by atoms with Crippen LogP contribution >= 0.6 is 0 Å². The molecule has 1 aliphatic carbocycles. The van der Waals surface area contributed by atoms with Gasteiger partial charge in [0.15, 0.2) is 6.61 Å². The van der Waals surface area contributed by atoms with E-state index in [1.54, 1.807) is 19.1 Å². The fourth-order valence-corrected chi connectivity index (χ4v) is 2.17. The third kappa shape index (κ3) is 6.28. The molecule has 0 spiro atoms. The second-order valence-electron chi connectivity index (χ2n) is 6.17. The number of hydrogen-bond acceptors (Lipinski definition) is 4. The monoisotopic (exact) mass is 319 g/mol. The zero-order valence-corrected chi connectivity index (χ0v) is 13.7. The van der Waals surface area contributed by atoms with E-state index in [0.717, 1.165) is 18.4 Å². The van der Waals surface area contributed by atoms with E-state index in [4.69, 9.17) is 10.5 Å². The lowest BCUT2D eigenvalue weighted by molar-refractivity contribution is -0.123. The summed E-state index contributed by atoms with van der Waals surface area (Å²) in [7, 11) is 0. The van der Waals surface area contributed by atoms with E-state index >= 15 is 0 Å². The molecule has 0 aliphatic heterocycles. The minimum absolute atomic E-state index is 0.0243. The quantitative estimate of drug-likeness (QED) is 0.672. The number of nitrogens with one attached hydrogen (secondary N) is 2. The molecule has 126 valence electrons. The van der Waals surface area contributed by atoms with E-state index in [9.17, 15) is 9.59 Å². The second-order valence-corrected chi connectivity index (χ2v) is 6.17. The van der Waals surface area contributed by atoms with Crippen LogP contribution in [0.1, 0.15) is 44.7 Å². The maximum Gasteiger partial charge on any atom is 0.258 e. The molecule has 2 rings (SSSR count). The van der Waals surface area contributed by atoms with Gasteiger partial charge in [-0.15, -0.1) is 0 Å². The highest BCUT2D eigenvalue weighted by molar-refractivity contribution is 5.78. The van der Waals surface area contributed by atoms with Crippen LogP contribution in [-0.4, -0.2) is 30.5 Å². The molecule has 0 bridgehead atoms. The Morgan fingerprint density at radius 2 is 1.87 bits per heavy atom. The molecule has 4 N–H and O–H groups in total. The first kappa shape index (κ1) is 17.3. The molecule has 1 aromatic rings. The van der Waals surface area contributed by atoms with Gasteiger partial charge < -0.3 is 21.1 Å². The lowest BCUT2D eigenvalue weighted by atomic mass is 10.1. The van der Waals surface area contributed by atoms with Gasteiger partial charge in [0.1, 0.15) is 5.75 Å². The first-order valence-corrected chi connectivity index (χ1v) is 8.01. The lowest BCUT2D eigenvalue weighted by Crippen LogP contribution is -2.31. The first-order valence-electron chi connectivity index (χ1n) is 8.01. The average molecular weight is 319 g/mol. The lowest BCUT2D eigenvalue weighted by Gasteiger charge is -2.16. The van der Waals surface area contributed by atoms with Crippen molar-refractivity contribution >= 4 is 11.8 Å². The van der Waals surface area contributed by atoms with Crippen molar-refractivity contribution < 1.29 is 14.3 Å². The Morgan fingerprint density at radius 1 is 1.22 bits per heavy atom. The maximum absolute atomic E-state index is 11.7. The fraction of sp³-hybridized carbons (Fsp3) is 0.529. The minimum atomic E-state index is -0.153. The molecule has 23 heavy (non-hydrogen) atoms. The number of carbonyl (C=O) groups is 2. The summed E-state index contributed by atoms with van der Waals surface area (Å²) in [6, 6.07) is 7.44. The van der Waals surface area contributed by atoms with E-state index in [1.165, 1.54) is 0 Å². The average Bonchev–Trinajstić information content (AvgIpc) is 3.28. The van der Waals surface area contributed by atoms with Gasteiger partial charge >= 0.3 is 0 Å². The zero-order valence-electron chi connectivity index (χ0n) is 13.7. The highest BCUT2D eigenvalue weighted by atomic mass is 16.5. The summed E-state index contributed by atoms with van der Waals surface area (Å²) in [6.45, 7) is 3.74. The van der Waals surface area contributed by atoms with Crippen molar-refractivity contribution in [3.8, 4) is 5.75 Å². The highest BCUT2D eigenvalue weighted by Gasteiger charge is 2.23. The molecule has 1 fully saturated rings. The van der Waals surface area contributed by atoms with E-state index in [-0.39, 0.29) is 30.5 Å². The molecular weight excluding hydrogens is 294 g/mol. The standard InChI is InChI=1S/C17H25N3O3/c1-11(18)9-16(21)19-12(2)13-3-7-15(8-4-13)23-10-17(22)20-14-5-6-14/h3-4,7-8,11-12,14H,5-6,9-10,18H2,1-2H3,(H,19,21)(H,20,22). The molecule has 6 nitrogen and oxygen atoms in total. The van der Waals surface area contributed by atoms with Gasteiger partial charge in [-0.2, -0.15) is 0 Å². The molecule has 1 saturated carbocycles. The Morgan fingerprint density at radius 3 is 2.43 bits per heavy atom. The van der Waals surface area contributed by atoms with Gasteiger partial charge in [0.05, 0.1) is 6.04 Å². The molecule has 0 heterocycles.